The fourth-order valence-electron chi connectivity index (χ4n) is 1.87. The molecule has 7 heteroatoms. The normalized spacial score (nSPS) is 10.4. The standard InChI is InChI=1S/C14H12BrFN2O3/c1-8-5-10(16)9(15)6-11(8)17-13(19)7-18-4-2-3-12(18)14(20)21/h2-6H,7H2,1H3,(H,17,19)(H,20,21). The molecule has 0 aliphatic rings. The monoisotopic (exact) mass is 354 g/mol. The molecule has 2 aromatic rings. The molecule has 0 saturated heterocycles. The van der Waals surface area contributed by atoms with Gasteiger partial charge in [0.15, 0.2) is 0 Å². The number of carbonyl (C=O) groups is 2. The smallest absolute Gasteiger partial charge is 0.352 e. The van der Waals surface area contributed by atoms with Crippen molar-refractivity contribution in [2.24, 2.45) is 0 Å². The number of hydrogen-bond donors (Lipinski definition) is 2. The van der Waals surface area contributed by atoms with Gasteiger partial charge in [-0.15, -0.1) is 0 Å². The Bertz CT molecular complexity index is 712. The molecule has 2 rings (SSSR count). The highest BCUT2D eigenvalue weighted by Crippen LogP contribution is 2.24. The van der Waals surface area contributed by atoms with Crippen molar-refractivity contribution in [3.8, 4) is 0 Å². The summed E-state index contributed by atoms with van der Waals surface area (Å²) < 4.78 is 14.9. The minimum absolute atomic E-state index is 0.0298. The number of nitrogens with zero attached hydrogens (tertiary/aromatic N) is 1. The second-order valence-corrected chi connectivity index (χ2v) is 5.31. The van der Waals surface area contributed by atoms with E-state index in [-0.39, 0.29) is 16.7 Å². The van der Waals surface area contributed by atoms with Gasteiger partial charge in [0.2, 0.25) is 5.91 Å². The van der Waals surface area contributed by atoms with Crippen LogP contribution in [0.15, 0.2) is 34.9 Å². The summed E-state index contributed by atoms with van der Waals surface area (Å²) in [5.74, 6) is -1.91. The molecule has 0 spiro atoms. The molecule has 1 heterocycles. The summed E-state index contributed by atoms with van der Waals surface area (Å²) in [6.07, 6.45) is 1.51. The molecule has 0 aliphatic heterocycles. The van der Waals surface area contributed by atoms with Crippen molar-refractivity contribution in [2.75, 3.05) is 5.32 Å². The van der Waals surface area contributed by atoms with Crippen molar-refractivity contribution >= 4 is 33.5 Å². The first-order valence-electron chi connectivity index (χ1n) is 6.02. The van der Waals surface area contributed by atoms with E-state index in [4.69, 9.17) is 5.11 Å². The Morgan fingerprint density at radius 3 is 2.81 bits per heavy atom. The summed E-state index contributed by atoms with van der Waals surface area (Å²) in [6.45, 7) is 1.53. The largest absolute Gasteiger partial charge is 0.477 e. The number of amides is 1. The number of halogens is 2. The minimum atomic E-state index is -1.10. The van der Waals surface area contributed by atoms with Crippen LogP contribution in [-0.4, -0.2) is 21.6 Å². The molecule has 0 fully saturated rings. The Morgan fingerprint density at radius 2 is 2.14 bits per heavy atom. The lowest BCUT2D eigenvalue weighted by atomic mass is 10.2. The number of benzene rings is 1. The predicted molar refractivity (Wildman–Crippen MR) is 78.9 cm³/mol. The molecule has 1 amide bonds. The van der Waals surface area contributed by atoms with E-state index in [1.54, 1.807) is 13.0 Å². The predicted octanol–water partition coefficient (Wildman–Crippen LogP) is 3.04. The SMILES string of the molecule is Cc1cc(F)c(Br)cc1NC(=O)Cn1cccc1C(=O)O. The fraction of sp³-hybridized carbons (Fsp3) is 0.143. The molecule has 0 radical (unpaired) electrons. The van der Waals surface area contributed by atoms with Gasteiger partial charge >= 0.3 is 5.97 Å². The molecule has 110 valence electrons. The molecular weight excluding hydrogens is 343 g/mol. The van der Waals surface area contributed by atoms with Gasteiger partial charge in [-0.05, 0) is 52.7 Å². The third kappa shape index (κ3) is 3.49. The summed E-state index contributed by atoms with van der Waals surface area (Å²) in [5.41, 5.74) is 1.08. The third-order valence-corrected chi connectivity index (χ3v) is 3.51. The van der Waals surface area contributed by atoms with Crippen LogP contribution in [0.5, 0.6) is 0 Å². The van der Waals surface area contributed by atoms with E-state index in [9.17, 15) is 14.0 Å². The highest BCUT2D eigenvalue weighted by Gasteiger charge is 2.13. The van der Waals surface area contributed by atoms with Gasteiger partial charge in [-0.25, -0.2) is 9.18 Å². The lowest BCUT2D eigenvalue weighted by Gasteiger charge is -2.11. The second-order valence-electron chi connectivity index (χ2n) is 4.46. The first-order chi connectivity index (χ1) is 9.88. The van der Waals surface area contributed by atoms with Crippen LogP contribution in [-0.2, 0) is 11.3 Å². The number of aromatic nitrogens is 1. The second kappa shape index (κ2) is 6.09. The van der Waals surface area contributed by atoms with E-state index in [1.807, 2.05) is 0 Å². The molecule has 0 saturated carbocycles. The molecule has 0 unspecified atom stereocenters. The molecule has 1 aromatic carbocycles. The van der Waals surface area contributed by atoms with E-state index in [2.05, 4.69) is 21.2 Å². The van der Waals surface area contributed by atoms with Gasteiger partial charge in [0, 0.05) is 11.9 Å². The van der Waals surface area contributed by atoms with Crippen LogP contribution < -0.4 is 5.32 Å². The molecule has 5 nitrogen and oxygen atoms in total. The number of carboxylic acids is 1. The van der Waals surface area contributed by atoms with E-state index in [1.165, 1.54) is 29.0 Å². The van der Waals surface area contributed by atoms with Gasteiger partial charge < -0.3 is 15.0 Å². The van der Waals surface area contributed by atoms with Crippen LogP contribution in [0, 0.1) is 12.7 Å². The quantitative estimate of drug-likeness (QED) is 0.886. The molecule has 2 N–H and O–H groups in total. The molecule has 21 heavy (non-hydrogen) atoms. The number of carbonyl (C=O) groups excluding carboxylic acids is 1. The topological polar surface area (TPSA) is 71.3 Å². The molecule has 0 aliphatic carbocycles. The van der Waals surface area contributed by atoms with Crippen molar-refractivity contribution in [1.82, 2.24) is 4.57 Å². The van der Waals surface area contributed by atoms with Crippen LogP contribution in [0.25, 0.3) is 0 Å². The molecular formula is C14H12BrFN2O3. The summed E-state index contributed by atoms with van der Waals surface area (Å²) in [6, 6.07) is 5.74. The number of hydrogen-bond acceptors (Lipinski definition) is 2. The van der Waals surface area contributed by atoms with Gasteiger partial charge in [0.05, 0.1) is 4.47 Å². The zero-order chi connectivity index (χ0) is 15.6. The zero-order valence-electron chi connectivity index (χ0n) is 11.1. The van der Waals surface area contributed by atoms with Crippen LogP contribution in [0.4, 0.5) is 10.1 Å². The van der Waals surface area contributed by atoms with Crippen LogP contribution in [0.3, 0.4) is 0 Å². The number of anilines is 1. The average Bonchev–Trinajstić information content (AvgIpc) is 2.84. The minimum Gasteiger partial charge on any atom is -0.477 e. The Balaban J connectivity index is 2.14. The highest BCUT2D eigenvalue weighted by atomic mass is 79.9. The Kier molecular flexibility index (Phi) is 4.42. The van der Waals surface area contributed by atoms with E-state index < -0.39 is 17.7 Å². The summed E-state index contributed by atoms with van der Waals surface area (Å²) in [5, 5.41) is 11.6. The number of aromatic carboxylic acids is 1. The number of nitrogens with one attached hydrogen (secondary N) is 1. The van der Waals surface area contributed by atoms with Crippen LogP contribution in [0.1, 0.15) is 16.1 Å². The number of carboxylic acid groups (broad SMARTS) is 1. The summed E-state index contributed by atoms with van der Waals surface area (Å²) in [4.78, 5) is 22.9. The summed E-state index contributed by atoms with van der Waals surface area (Å²) >= 11 is 3.05. The summed E-state index contributed by atoms with van der Waals surface area (Å²) in [7, 11) is 0. The maximum Gasteiger partial charge on any atom is 0.352 e. The Hall–Kier alpha value is -2.15. The van der Waals surface area contributed by atoms with Crippen molar-refractivity contribution in [3.63, 3.8) is 0 Å². The van der Waals surface area contributed by atoms with Gasteiger partial charge in [0.25, 0.3) is 0 Å². The van der Waals surface area contributed by atoms with E-state index in [0.29, 0.717) is 11.3 Å². The first-order valence-corrected chi connectivity index (χ1v) is 6.81. The van der Waals surface area contributed by atoms with Crippen molar-refractivity contribution in [3.05, 3.63) is 52.0 Å². The van der Waals surface area contributed by atoms with Crippen LogP contribution >= 0.6 is 15.9 Å². The average molecular weight is 355 g/mol. The maximum absolute atomic E-state index is 13.3. The van der Waals surface area contributed by atoms with Gasteiger partial charge in [-0.3, -0.25) is 4.79 Å². The highest BCUT2D eigenvalue weighted by molar-refractivity contribution is 9.10. The Morgan fingerprint density at radius 1 is 1.43 bits per heavy atom. The van der Waals surface area contributed by atoms with E-state index >= 15 is 0 Å². The number of aryl methyl sites for hydroxylation is 1. The Labute approximate surface area is 128 Å². The lowest BCUT2D eigenvalue weighted by molar-refractivity contribution is -0.116. The van der Waals surface area contributed by atoms with Crippen molar-refractivity contribution in [2.45, 2.75) is 13.5 Å². The molecule has 0 atom stereocenters. The fourth-order valence-corrected chi connectivity index (χ4v) is 2.21. The third-order valence-electron chi connectivity index (χ3n) is 2.90. The van der Waals surface area contributed by atoms with Gasteiger partial charge in [0.1, 0.15) is 18.1 Å². The van der Waals surface area contributed by atoms with Gasteiger partial charge in [-0.2, -0.15) is 0 Å². The molecule has 0 bridgehead atoms. The first kappa shape index (κ1) is 15.2. The maximum atomic E-state index is 13.3. The zero-order valence-corrected chi connectivity index (χ0v) is 12.6. The molecule has 1 aromatic heterocycles. The van der Waals surface area contributed by atoms with Crippen LogP contribution in [0.2, 0.25) is 0 Å². The number of rotatable bonds is 4. The van der Waals surface area contributed by atoms with Gasteiger partial charge in [-0.1, -0.05) is 0 Å². The van der Waals surface area contributed by atoms with Crippen molar-refractivity contribution < 1.29 is 19.1 Å². The van der Waals surface area contributed by atoms with Crippen molar-refractivity contribution in [1.29, 1.82) is 0 Å². The lowest BCUT2D eigenvalue weighted by Crippen LogP contribution is -2.21. The van der Waals surface area contributed by atoms with E-state index in [0.717, 1.165) is 0 Å².